The molecule has 1 N–H and O–H groups in total. The summed E-state index contributed by atoms with van der Waals surface area (Å²) in [4.78, 5) is 18.2. The van der Waals surface area contributed by atoms with E-state index in [2.05, 4.69) is 10.3 Å². The Morgan fingerprint density at radius 2 is 2.04 bits per heavy atom. The topological polar surface area (TPSA) is 60.5 Å². The van der Waals surface area contributed by atoms with Gasteiger partial charge in [0.1, 0.15) is 21.4 Å². The van der Waals surface area contributed by atoms with E-state index in [1.807, 2.05) is 62.4 Å². The van der Waals surface area contributed by atoms with Crippen LogP contribution in [0.3, 0.4) is 0 Å². The molecule has 28 heavy (non-hydrogen) atoms. The normalized spacial score (nSPS) is 15.4. The van der Waals surface area contributed by atoms with E-state index < -0.39 is 0 Å². The number of carbonyl (C=O) groups excluding carboxylic acids is 1. The number of nitrogens with one attached hydrogen (secondary N) is 1. The third-order valence-electron chi connectivity index (χ3n) is 4.68. The minimum atomic E-state index is -0.0890. The number of hydrogen-bond donors (Lipinski definition) is 1. The quantitative estimate of drug-likeness (QED) is 0.677. The standard InChI is InChI=1S/C22H22N2O3S/c1-3-26-16-10-8-15(9-11-16)22-23-14(2)20(28-22)21(25)24-18-12-13-27-19-7-5-4-6-17(18)19/h4-11,18H,3,12-13H2,1-2H3,(H,24,25). The van der Waals surface area contributed by atoms with Crippen molar-refractivity contribution in [3.05, 3.63) is 64.7 Å². The first kappa shape index (κ1) is 18.5. The van der Waals surface area contributed by atoms with Gasteiger partial charge in [0, 0.05) is 17.5 Å². The van der Waals surface area contributed by atoms with Crippen LogP contribution in [0.4, 0.5) is 0 Å². The predicted molar refractivity (Wildman–Crippen MR) is 110 cm³/mol. The molecule has 5 nitrogen and oxygen atoms in total. The van der Waals surface area contributed by atoms with Crippen molar-refractivity contribution in [2.45, 2.75) is 26.3 Å². The molecule has 1 unspecified atom stereocenters. The molecule has 6 heteroatoms. The summed E-state index contributed by atoms with van der Waals surface area (Å²) >= 11 is 1.41. The lowest BCUT2D eigenvalue weighted by molar-refractivity contribution is 0.0928. The summed E-state index contributed by atoms with van der Waals surface area (Å²) in [7, 11) is 0. The smallest absolute Gasteiger partial charge is 0.263 e. The Morgan fingerprint density at radius 3 is 2.82 bits per heavy atom. The van der Waals surface area contributed by atoms with E-state index in [1.165, 1.54) is 11.3 Å². The molecule has 144 valence electrons. The highest BCUT2D eigenvalue weighted by atomic mass is 32.1. The molecule has 0 radical (unpaired) electrons. The van der Waals surface area contributed by atoms with E-state index >= 15 is 0 Å². The van der Waals surface area contributed by atoms with E-state index in [4.69, 9.17) is 9.47 Å². The summed E-state index contributed by atoms with van der Waals surface area (Å²) < 4.78 is 11.2. The molecular formula is C22H22N2O3S. The van der Waals surface area contributed by atoms with Crippen molar-refractivity contribution in [3.8, 4) is 22.1 Å². The Balaban J connectivity index is 1.53. The SMILES string of the molecule is CCOc1ccc(-c2nc(C)c(C(=O)NC3CCOc4ccccc43)s2)cc1. The van der Waals surface area contributed by atoms with Crippen LogP contribution in [0.2, 0.25) is 0 Å². The zero-order valence-corrected chi connectivity index (χ0v) is 16.7. The summed E-state index contributed by atoms with van der Waals surface area (Å²) in [5, 5.41) is 3.99. The number of fused-ring (bicyclic) bond motifs is 1. The fraction of sp³-hybridized carbons (Fsp3) is 0.273. The molecule has 1 aromatic heterocycles. The van der Waals surface area contributed by atoms with Gasteiger partial charge in [-0.05, 0) is 44.2 Å². The Bertz CT molecular complexity index is 982. The first-order valence-electron chi connectivity index (χ1n) is 9.39. The van der Waals surface area contributed by atoms with Crippen LogP contribution in [0.25, 0.3) is 10.6 Å². The largest absolute Gasteiger partial charge is 0.494 e. The number of para-hydroxylation sites is 1. The molecule has 1 aliphatic rings. The maximum atomic E-state index is 12.9. The minimum absolute atomic E-state index is 0.0483. The van der Waals surface area contributed by atoms with Crippen LogP contribution >= 0.6 is 11.3 Å². The molecule has 2 heterocycles. The van der Waals surface area contributed by atoms with Gasteiger partial charge >= 0.3 is 0 Å². The lowest BCUT2D eigenvalue weighted by Gasteiger charge is -2.26. The van der Waals surface area contributed by atoms with Gasteiger partial charge in [-0.1, -0.05) is 18.2 Å². The Labute approximate surface area is 168 Å². The summed E-state index contributed by atoms with van der Waals surface area (Å²) in [6.07, 6.45) is 0.756. The minimum Gasteiger partial charge on any atom is -0.494 e. The highest BCUT2D eigenvalue weighted by Crippen LogP contribution is 2.33. The lowest BCUT2D eigenvalue weighted by atomic mass is 10.0. The molecule has 0 saturated heterocycles. The van der Waals surface area contributed by atoms with Gasteiger partial charge in [0.05, 0.1) is 24.9 Å². The summed E-state index contributed by atoms with van der Waals surface area (Å²) in [5.74, 6) is 1.58. The monoisotopic (exact) mass is 394 g/mol. The maximum absolute atomic E-state index is 12.9. The van der Waals surface area contributed by atoms with Gasteiger partial charge in [0.15, 0.2) is 0 Å². The third-order valence-corrected chi connectivity index (χ3v) is 5.88. The van der Waals surface area contributed by atoms with Gasteiger partial charge in [-0.3, -0.25) is 4.79 Å². The van der Waals surface area contributed by atoms with Crippen LogP contribution in [-0.4, -0.2) is 24.1 Å². The second-order valence-corrected chi connectivity index (χ2v) is 7.59. The molecule has 0 bridgehead atoms. The molecule has 0 fully saturated rings. The van der Waals surface area contributed by atoms with Gasteiger partial charge in [-0.15, -0.1) is 11.3 Å². The molecule has 1 amide bonds. The van der Waals surface area contributed by atoms with Crippen molar-refractivity contribution in [1.82, 2.24) is 10.3 Å². The number of ether oxygens (including phenoxy) is 2. The van der Waals surface area contributed by atoms with Crippen LogP contribution in [0.15, 0.2) is 48.5 Å². The van der Waals surface area contributed by atoms with E-state index in [-0.39, 0.29) is 11.9 Å². The van der Waals surface area contributed by atoms with Gasteiger partial charge < -0.3 is 14.8 Å². The number of nitrogens with zero attached hydrogens (tertiary/aromatic N) is 1. The predicted octanol–water partition coefficient (Wildman–Crippen LogP) is 4.77. The van der Waals surface area contributed by atoms with Crippen LogP contribution in [0.1, 0.15) is 40.3 Å². The number of aryl methyl sites for hydroxylation is 1. The van der Waals surface area contributed by atoms with Crippen molar-refractivity contribution in [2.24, 2.45) is 0 Å². The zero-order valence-electron chi connectivity index (χ0n) is 15.9. The van der Waals surface area contributed by atoms with Gasteiger partial charge in [-0.25, -0.2) is 4.98 Å². The van der Waals surface area contributed by atoms with Crippen LogP contribution in [-0.2, 0) is 0 Å². The summed E-state index contributed by atoms with van der Waals surface area (Å²) in [6.45, 7) is 5.07. The van der Waals surface area contributed by atoms with E-state index in [1.54, 1.807) is 0 Å². The molecule has 2 aromatic carbocycles. The number of thiazole rings is 1. The van der Waals surface area contributed by atoms with Crippen LogP contribution in [0, 0.1) is 6.92 Å². The molecular weight excluding hydrogens is 372 g/mol. The van der Waals surface area contributed by atoms with E-state index in [0.717, 1.165) is 39.7 Å². The van der Waals surface area contributed by atoms with Gasteiger partial charge in [-0.2, -0.15) is 0 Å². The number of benzene rings is 2. The number of rotatable bonds is 5. The average molecular weight is 394 g/mol. The Morgan fingerprint density at radius 1 is 1.25 bits per heavy atom. The highest BCUT2D eigenvalue weighted by molar-refractivity contribution is 7.17. The average Bonchev–Trinajstić information content (AvgIpc) is 3.11. The number of carbonyl (C=O) groups is 1. The molecule has 1 atom stereocenters. The molecule has 0 saturated carbocycles. The van der Waals surface area contributed by atoms with Crippen LogP contribution < -0.4 is 14.8 Å². The summed E-state index contributed by atoms with van der Waals surface area (Å²) in [6, 6.07) is 15.6. The molecule has 0 spiro atoms. The zero-order chi connectivity index (χ0) is 19.5. The maximum Gasteiger partial charge on any atom is 0.263 e. The second kappa shape index (κ2) is 8.02. The lowest BCUT2D eigenvalue weighted by Crippen LogP contribution is -2.32. The van der Waals surface area contributed by atoms with Gasteiger partial charge in [0.2, 0.25) is 0 Å². The molecule has 0 aliphatic carbocycles. The van der Waals surface area contributed by atoms with Crippen LogP contribution in [0.5, 0.6) is 11.5 Å². The number of aromatic nitrogens is 1. The third kappa shape index (κ3) is 3.73. The summed E-state index contributed by atoms with van der Waals surface area (Å²) in [5.41, 5.74) is 2.75. The van der Waals surface area contributed by atoms with Crippen molar-refractivity contribution in [1.29, 1.82) is 0 Å². The number of hydrogen-bond acceptors (Lipinski definition) is 5. The Kier molecular flexibility index (Phi) is 5.30. The fourth-order valence-corrected chi connectivity index (χ4v) is 4.28. The first-order chi connectivity index (χ1) is 13.7. The second-order valence-electron chi connectivity index (χ2n) is 6.59. The van der Waals surface area contributed by atoms with Crippen molar-refractivity contribution in [2.75, 3.05) is 13.2 Å². The first-order valence-corrected chi connectivity index (χ1v) is 10.2. The van der Waals surface area contributed by atoms with E-state index in [9.17, 15) is 4.79 Å². The molecule has 3 aromatic rings. The van der Waals surface area contributed by atoms with E-state index in [0.29, 0.717) is 18.1 Å². The van der Waals surface area contributed by atoms with Gasteiger partial charge in [0.25, 0.3) is 5.91 Å². The van der Waals surface area contributed by atoms with Crippen molar-refractivity contribution < 1.29 is 14.3 Å². The number of amides is 1. The Hall–Kier alpha value is -2.86. The molecule has 1 aliphatic heterocycles. The van der Waals surface area contributed by atoms with Crippen molar-refractivity contribution >= 4 is 17.2 Å². The fourth-order valence-electron chi connectivity index (χ4n) is 3.31. The molecule has 4 rings (SSSR count). The van der Waals surface area contributed by atoms with Crippen molar-refractivity contribution in [3.63, 3.8) is 0 Å². The highest BCUT2D eigenvalue weighted by Gasteiger charge is 2.25.